The number of anilines is 3. The summed E-state index contributed by atoms with van der Waals surface area (Å²) in [5.41, 5.74) is 4.98. The lowest BCUT2D eigenvalue weighted by Crippen LogP contribution is -2.49. The molecule has 10 nitrogen and oxygen atoms in total. The maximum absolute atomic E-state index is 13.8. The van der Waals surface area contributed by atoms with E-state index in [1.54, 1.807) is 33.0 Å². The van der Waals surface area contributed by atoms with E-state index in [4.69, 9.17) is 16.4 Å². The Hall–Kier alpha value is -3.60. The monoisotopic (exact) mass is 579 g/mol. The number of rotatable bonds is 5. The van der Waals surface area contributed by atoms with Crippen LogP contribution in [0.1, 0.15) is 47.8 Å². The van der Waals surface area contributed by atoms with Crippen molar-refractivity contribution < 1.29 is 14.4 Å². The molecular weight excluding hydrogens is 542 g/mol. The number of piperazine rings is 1. The van der Waals surface area contributed by atoms with Gasteiger partial charge in [0.1, 0.15) is 5.82 Å². The molecule has 218 valence electrons. The number of fused-ring (bicyclic) bond motifs is 2. The quantitative estimate of drug-likeness (QED) is 0.435. The molecule has 0 aliphatic carbocycles. The van der Waals surface area contributed by atoms with E-state index in [1.807, 2.05) is 38.2 Å². The van der Waals surface area contributed by atoms with Crippen LogP contribution >= 0.6 is 11.6 Å². The van der Waals surface area contributed by atoms with Gasteiger partial charge >= 0.3 is 6.09 Å². The Morgan fingerprint density at radius 2 is 1.85 bits per heavy atom. The molecule has 11 heteroatoms. The molecule has 0 saturated carbocycles. The Kier molecular flexibility index (Phi) is 8.26. The molecule has 0 unspecified atom stereocenters. The second kappa shape index (κ2) is 11.7. The first-order valence-electron chi connectivity index (χ1n) is 13.9. The number of aromatic nitrogens is 2. The van der Waals surface area contributed by atoms with Crippen LogP contribution in [0.3, 0.4) is 0 Å². The third kappa shape index (κ3) is 6.83. The van der Waals surface area contributed by atoms with Gasteiger partial charge in [-0.25, -0.2) is 4.79 Å². The van der Waals surface area contributed by atoms with E-state index in [2.05, 4.69) is 41.4 Å². The van der Waals surface area contributed by atoms with Gasteiger partial charge in [-0.2, -0.15) is 5.10 Å². The summed E-state index contributed by atoms with van der Waals surface area (Å²) in [5.74, 6) is 0.680. The first kappa shape index (κ1) is 28.9. The van der Waals surface area contributed by atoms with Crippen LogP contribution < -0.4 is 15.5 Å². The molecule has 0 bridgehead atoms. The predicted molar refractivity (Wildman–Crippen MR) is 160 cm³/mol. The summed E-state index contributed by atoms with van der Waals surface area (Å²) in [7, 11) is 1.85. The van der Waals surface area contributed by atoms with E-state index in [0.29, 0.717) is 36.8 Å². The lowest BCUT2D eigenvalue weighted by atomic mass is 9.96. The van der Waals surface area contributed by atoms with Gasteiger partial charge in [0.15, 0.2) is 0 Å². The average molecular weight is 580 g/mol. The molecule has 1 fully saturated rings. The number of nitrogens with one attached hydrogen (secondary N) is 2. The van der Waals surface area contributed by atoms with Crippen LogP contribution in [0, 0.1) is 12.3 Å². The maximum Gasteiger partial charge on any atom is 0.426 e. The van der Waals surface area contributed by atoms with E-state index >= 15 is 0 Å². The maximum atomic E-state index is 13.8. The van der Waals surface area contributed by atoms with Gasteiger partial charge in [-0.15, -0.1) is 5.06 Å². The van der Waals surface area contributed by atoms with Gasteiger partial charge < -0.3 is 25.3 Å². The van der Waals surface area contributed by atoms with Gasteiger partial charge in [0.25, 0.3) is 5.91 Å². The van der Waals surface area contributed by atoms with Gasteiger partial charge in [0.05, 0.1) is 24.1 Å². The minimum absolute atomic E-state index is 0.139. The number of aryl methyl sites for hydroxylation is 2. The molecule has 2 amide bonds. The van der Waals surface area contributed by atoms with Crippen molar-refractivity contribution in [2.24, 2.45) is 12.5 Å². The normalized spacial score (nSPS) is 15.9. The molecule has 5 rings (SSSR count). The van der Waals surface area contributed by atoms with Crippen LogP contribution in [0.2, 0.25) is 5.02 Å². The summed E-state index contributed by atoms with van der Waals surface area (Å²) in [6.45, 7) is 13.4. The fourth-order valence-electron chi connectivity index (χ4n) is 5.32. The van der Waals surface area contributed by atoms with Crippen molar-refractivity contribution in [1.82, 2.24) is 25.1 Å². The van der Waals surface area contributed by atoms with Crippen molar-refractivity contribution in [2.45, 2.75) is 40.8 Å². The summed E-state index contributed by atoms with van der Waals surface area (Å²) in [5, 5.41) is 12.9. The highest BCUT2D eigenvalue weighted by atomic mass is 35.5. The number of carbonyl (C=O) groups is 2. The van der Waals surface area contributed by atoms with E-state index in [1.165, 1.54) is 0 Å². The smallest absolute Gasteiger partial charge is 0.351 e. The number of hydrogen-bond donors (Lipinski definition) is 2. The van der Waals surface area contributed by atoms with Crippen molar-refractivity contribution >= 4 is 40.8 Å². The standard InChI is InChI=1S/C30H38ClN7O3/c1-20-14-21(6-7-22(20)16-32-29(40)41-37-12-10-36(11-13-37)19-30(2,3)4)28(39)38-18-23-17-33-35(5)27(23)34-25-15-24(31)8-9-26(25)38/h6-9,14-15,17,34H,10-13,16,18-19H2,1-5H3,(H,32,40). The lowest BCUT2D eigenvalue weighted by Gasteiger charge is -2.36. The van der Waals surface area contributed by atoms with Gasteiger partial charge in [-0.05, 0) is 53.8 Å². The van der Waals surface area contributed by atoms with Crippen LogP contribution in [0.25, 0.3) is 0 Å². The summed E-state index contributed by atoms with van der Waals surface area (Å²) >= 11 is 6.28. The van der Waals surface area contributed by atoms with E-state index in [0.717, 1.165) is 53.5 Å². The predicted octanol–water partition coefficient (Wildman–Crippen LogP) is 5.09. The number of amides is 2. The topological polar surface area (TPSA) is 95.0 Å². The number of hydrogen-bond acceptors (Lipinski definition) is 7. The second-order valence-corrected chi connectivity index (χ2v) is 12.4. The molecule has 2 aliphatic rings. The average Bonchev–Trinajstić information content (AvgIpc) is 3.16. The Labute approximate surface area is 246 Å². The van der Waals surface area contributed by atoms with Crippen LogP contribution in [0.15, 0.2) is 42.6 Å². The molecule has 1 saturated heterocycles. The van der Waals surface area contributed by atoms with E-state index in [9.17, 15) is 9.59 Å². The molecule has 2 N–H and O–H groups in total. The third-order valence-electron chi connectivity index (χ3n) is 7.34. The van der Waals surface area contributed by atoms with Crippen molar-refractivity contribution in [3.63, 3.8) is 0 Å². The highest BCUT2D eigenvalue weighted by Gasteiger charge is 2.28. The molecule has 1 aromatic heterocycles. The lowest BCUT2D eigenvalue weighted by molar-refractivity contribution is -0.125. The van der Waals surface area contributed by atoms with Crippen molar-refractivity contribution in [3.8, 4) is 0 Å². The van der Waals surface area contributed by atoms with Gasteiger partial charge in [-0.3, -0.25) is 9.48 Å². The molecular formula is C30H38ClN7O3. The molecule has 0 atom stereocenters. The number of nitrogens with zero attached hydrogens (tertiary/aromatic N) is 5. The molecule has 3 heterocycles. The van der Waals surface area contributed by atoms with Gasteiger partial charge in [0.2, 0.25) is 0 Å². The molecule has 41 heavy (non-hydrogen) atoms. The number of benzene rings is 2. The van der Waals surface area contributed by atoms with Crippen molar-refractivity contribution in [3.05, 3.63) is 69.9 Å². The molecule has 3 aromatic rings. The van der Waals surface area contributed by atoms with Crippen LogP contribution in [0.4, 0.5) is 22.0 Å². The Bertz CT molecular complexity index is 1440. The van der Waals surface area contributed by atoms with Crippen LogP contribution in [-0.2, 0) is 25.0 Å². The zero-order valence-corrected chi connectivity index (χ0v) is 25.1. The number of carbonyl (C=O) groups excluding carboxylic acids is 2. The van der Waals surface area contributed by atoms with Crippen molar-refractivity contribution in [2.75, 3.05) is 42.9 Å². The SMILES string of the molecule is Cc1cc(C(=O)N2Cc3cnn(C)c3Nc3cc(Cl)ccc32)ccc1CNC(=O)ON1CCN(CC(C)(C)C)CC1. The first-order chi connectivity index (χ1) is 19.5. The Balaban J connectivity index is 1.21. The summed E-state index contributed by atoms with van der Waals surface area (Å²) in [6.07, 6.45) is 1.29. The second-order valence-electron chi connectivity index (χ2n) is 12.0. The largest absolute Gasteiger partial charge is 0.426 e. The summed E-state index contributed by atoms with van der Waals surface area (Å²) in [4.78, 5) is 36.0. The summed E-state index contributed by atoms with van der Waals surface area (Å²) in [6, 6.07) is 11.0. The van der Waals surface area contributed by atoms with Crippen LogP contribution in [0.5, 0.6) is 0 Å². The minimum atomic E-state index is -0.478. The molecule has 0 spiro atoms. The fraction of sp³-hybridized carbons (Fsp3) is 0.433. The first-order valence-corrected chi connectivity index (χ1v) is 14.3. The highest BCUT2D eigenvalue weighted by Crippen LogP contribution is 2.38. The number of hydroxylamine groups is 2. The highest BCUT2D eigenvalue weighted by molar-refractivity contribution is 6.31. The fourth-order valence-corrected chi connectivity index (χ4v) is 5.49. The van der Waals surface area contributed by atoms with E-state index < -0.39 is 6.09 Å². The third-order valence-corrected chi connectivity index (χ3v) is 7.58. The van der Waals surface area contributed by atoms with Crippen molar-refractivity contribution in [1.29, 1.82) is 0 Å². The zero-order chi connectivity index (χ0) is 29.3. The summed E-state index contributed by atoms with van der Waals surface area (Å²) < 4.78 is 1.75. The molecule has 0 radical (unpaired) electrons. The van der Waals surface area contributed by atoms with Gasteiger partial charge in [-0.1, -0.05) is 38.4 Å². The Morgan fingerprint density at radius 3 is 2.56 bits per heavy atom. The minimum Gasteiger partial charge on any atom is -0.351 e. The van der Waals surface area contributed by atoms with E-state index in [-0.39, 0.29) is 11.3 Å². The van der Waals surface area contributed by atoms with Gasteiger partial charge in [0, 0.05) is 62.5 Å². The zero-order valence-electron chi connectivity index (χ0n) is 24.3. The van der Waals surface area contributed by atoms with Crippen LogP contribution in [-0.4, -0.2) is 64.5 Å². The molecule has 2 aliphatic heterocycles. The number of halogens is 1. The Morgan fingerprint density at radius 1 is 1.10 bits per heavy atom. The molecule has 2 aromatic carbocycles.